The normalized spacial score (nSPS) is 12.0. The Balaban J connectivity index is 2.01. The van der Waals surface area contributed by atoms with E-state index in [0.717, 1.165) is 5.56 Å². The standard InChI is InChI=1S/C14H20N4O3S/c1-3-13-16-17-14(21-13)11-18(4-2)22(19,20)15-10-12-8-6-5-7-9-12/h5-9,15H,3-4,10-11H2,1-2H3. The summed E-state index contributed by atoms with van der Waals surface area (Å²) in [6, 6.07) is 9.35. The van der Waals surface area contributed by atoms with Gasteiger partial charge in [0.15, 0.2) is 0 Å². The molecule has 120 valence electrons. The van der Waals surface area contributed by atoms with Crippen LogP contribution in [0.4, 0.5) is 0 Å². The minimum absolute atomic E-state index is 0.0631. The number of benzene rings is 1. The molecule has 0 saturated heterocycles. The van der Waals surface area contributed by atoms with Crippen molar-refractivity contribution in [1.29, 1.82) is 0 Å². The predicted molar refractivity (Wildman–Crippen MR) is 82.0 cm³/mol. The molecule has 0 atom stereocenters. The Morgan fingerprint density at radius 3 is 2.41 bits per heavy atom. The lowest BCUT2D eigenvalue weighted by Gasteiger charge is -2.19. The molecule has 0 amide bonds. The van der Waals surface area contributed by atoms with Gasteiger partial charge in [0, 0.05) is 19.5 Å². The van der Waals surface area contributed by atoms with Gasteiger partial charge in [-0.1, -0.05) is 44.2 Å². The molecule has 0 aliphatic carbocycles. The lowest BCUT2D eigenvalue weighted by atomic mass is 10.2. The van der Waals surface area contributed by atoms with Crippen molar-refractivity contribution in [2.75, 3.05) is 6.54 Å². The molecular weight excluding hydrogens is 304 g/mol. The number of hydrogen-bond acceptors (Lipinski definition) is 5. The van der Waals surface area contributed by atoms with Crippen LogP contribution in [-0.4, -0.2) is 29.5 Å². The maximum Gasteiger partial charge on any atom is 0.280 e. The van der Waals surface area contributed by atoms with Crippen LogP contribution < -0.4 is 4.72 Å². The predicted octanol–water partition coefficient (Wildman–Crippen LogP) is 1.49. The van der Waals surface area contributed by atoms with E-state index in [4.69, 9.17) is 4.42 Å². The molecule has 0 saturated carbocycles. The number of aryl methyl sites for hydroxylation is 1. The van der Waals surface area contributed by atoms with Gasteiger partial charge in [0.2, 0.25) is 11.8 Å². The second-order valence-electron chi connectivity index (χ2n) is 4.68. The molecule has 2 aromatic rings. The Morgan fingerprint density at radius 2 is 1.82 bits per heavy atom. The van der Waals surface area contributed by atoms with E-state index in [1.807, 2.05) is 37.3 Å². The summed E-state index contributed by atoms with van der Waals surface area (Å²) in [6.07, 6.45) is 0.623. The van der Waals surface area contributed by atoms with Gasteiger partial charge in [0.25, 0.3) is 10.2 Å². The lowest BCUT2D eigenvalue weighted by molar-refractivity contribution is 0.352. The SMILES string of the molecule is CCc1nnc(CN(CC)S(=O)(=O)NCc2ccccc2)o1. The molecule has 0 fully saturated rings. The minimum atomic E-state index is -3.61. The average molecular weight is 324 g/mol. The molecule has 1 heterocycles. The van der Waals surface area contributed by atoms with E-state index in [-0.39, 0.29) is 13.1 Å². The van der Waals surface area contributed by atoms with Crippen molar-refractivity contribution in [3.05, 3.63) is 47.7 Å². The summed E-state index contributed by atoms with van der Waals surface area (Å²) in [5.41, 5.74) is 0.896. The van der Waals surface area contributed by atoms with Crippen LogP contribution in [0.1, 0.15) is 31.2 Å². The van der Waals surface area contributed by atoms with E-state index in [2.05, 4.69) is 14.9 Å². The van der Waals surface area contributed by atoms with Crippen LogP contribution >= 0.6 is 0 Å². The summed E-state index contributed by atoms with van der Waals surface area (Å²) >= 11 is 0. The molecule has 0 aliphatic rings. The molecule has 1 aromatic carbocycles. The fraction of sp³-hybridized carbons (Fsp3) is 0.429. The fourth-order valence-corrected chi connectivity index (χ4v) is 3.03. The van der Waals surface area contributed by atoms with Crippen LogP contribution in [0, 0.1) is 0 Å². The zero-order valence-electron chi connectivity index (χ0n) is 12.7. The van der Waals surface area contributed by atoms with Crippen molar-refractivity contribution in [3.63, 3.8) is 0 Å². The first kappa shape index (κ1) is 16.6. The Kier molecular flexibility index (Phi) is 5.64. The summed E-state index contributed by atoms with van der Waals surface area (Å²) in [5.74, 6) is 0.796. The third-order valence-electron chi connectivity index (χ3n) is 3.12. The van der Waals surface area contributed by atoms with Gasteiger partial charge in [-0.15, -0.1) is 10.2 Å². The number of nitrogens with zero attached hydrogens (tertiary/aromatic N) is 3. The summed E-state index contributed by atoms with van der Waals surface area (Å²) in [6.45, 7) is 4.27. The number of aromatic nitrogens is 2. The van der Waals surface area contributed by atoms with Crippen LogP contribution in [0.25, 0.3) is 0 Å². The molecule has 1 N–H and O–H groups in total. The molecule has 0 radical (unpaired) electrons. The zero-order chi connectivity index (χ0) is 16.0. The minimum Gasteiger partial charge on any atom is -0.424 e. The summed E-state index contributed by atoms with van der Waals surface area (Å²) < 4.78 is 33.9. The smallest absolute Gasteiger partial charge is 0.280 e. The highest BCUT2D eigenvalue weighted by molar-refractivity contribution is 7.87. The fourth-order valence-electron chi connectivity index (χ4n) is 1.87. The van der Waals surface area contributed by atoms with Gasteiger partial charge < -0.3 is 4.42 Å². The van der Waals surface area contributed by atoms with Crippen molar-refractivity contribution < 1.29 is 12.8 Å². The van der Waals surface area contributed by atoms with Gasteiger partial charge in [-0.25, -0.2) is 0 Å². The third-order valence-corrected chi connectivity index (χ3v) is 4.69. The molecule has 0 bridgehead atoms. The maximum absolute atomic E-state index is 12.3. The largest absolute Gasteiger partial charge is 0.424 e. The first-order valence-electron chi connectivity index (χ1n) is 7.15. The van der Waals surface area contributed by atoms with E-state index in [9.17, 15) is 8.42 Å². The van der Waals surface area contributed by atoms with Crippen molar-refractivity contribution >= 4 is 10.2 Å². The second kappa shape index (κ2) is 7.48. The summed E-state index contributed by atoms with van der Waals surface area (Å²) in [5, 5.41) is 7.70. The highest BCUT2D eigenvalue weighted by atomic mass is 32.2. The van der Waals surface area contributed by atoms with E-state index in [1.165, 1.54) is 4.31 Å². The van der Waals surface area contributed by atoms with Crippen molar-refractivity contribution in [1.82, 2.24) is 19.2 Å². The van der Waals surface area contributed by atoms with E-state index < -0.39 is 10.2 Å². The molecule has 22 heavy (non-hydrogen) atoms. The van der Waals surface area contributed by atoms with Crippen molar-refractivity contribution in [2.45, 2.75) is 33.4 Å². The number of hydrogen-bond donors (Lipinski definition) is 1. The molecule has 0 unspecified atom stereocenters. The topological polar surface area (TPSA) is 88.3 Å². The average Bonchev–Trinajstić information content (AvgIpc) is 2.99. The number of rotatable bonds is 8. The summed E-state index contributed by atoms with van der Waals surface area (Å²) in [7, 11) is -3.61. The monoisotopic (exact) mass is 324 g/mol. The first-order chi connectivity index (χ1) is 10.5. The van der Waals surface area contributed by atoms with Crippen molar-refractivity contribution in [2.24, 2.45) is 0 Å². The maximum atomic E-state index is 12.3. The van der Waals surface area contributed by atoms with Gasteiger partial charge in [-0.05, 0) is 5.56 Å². The highest BCUT2D eigenvalue weighted by Crippen LogP contribution is 2.09. The Morgan fingerprint density at radius 1 is 1.14 bits per heavy atom. The van der Waals surface area contributed by atoms with E-state index >= 15 is 0 Å². The Hall–Kier alpha value is -1.77. The van der Waals surface area contributed by atoms with Crippen molar-refractivity contribution in [3.8, 4) is 0 Å². The zero-order valence-corrected chi connectivity index (χ0v) is 13.5. The molecule has 0 spiro atoms. The van der Waals surface area contributed by atoms with Gasteiger partial charge >= 0.3 is 0 Å². The quantitative estimate of drug-likeness (QED) is 0.795. The molecular formula is C14H20N4O3S. The molecule has 7 nitrogen and oxygen atoms in total. The number of nitrogens with one attached hydrogen (secondary N) is 1. The van der Waals surface area contributed by atoms with Crippen LogP contribution in [0.2, 0.25) is 0 Å². The Labute approximate surface area is 130 Å². The molecule has 8 heteroatoms. The van der Waals surface area contributed by atoms with E-state index in [1.54, 1.807) is 6.92 Å². The van der Waals surface area contributed by atoms with Gasteiger partial charge in [0.05, 0.1) is 6.54 Å². The Bertz CT molecular complexity index is 685. The van der Waals surface area contributed by atoms with Crippen LogP contribution in [0.15, 0.2) is 34.7 Å². The van der Waals surface area contributed by atoms with Crippen LogP contribution in [0.3, 0.4) is 0 Å². The second-order valence-corrected chi connectivity index (χ2v) is 6.44. The third kappa shape index (κ3) is 4.36. The molecule has 2 rings (SSSR count). The lowest BCUT2D eigenvalue weighted by Crippen LogP contribution is -2.39. The van der Waals surface area contributed by atoms with Gasteiger partial charge in [0.1, 0.15) is 0 Å². The van der Waals surface area contributed by atoms with E-state index in [0.29, 0.717) is 24.7 Å². The highest BCUT2D eigenvalue weighted by Gasteiger charge is 2.22. The van der Waals surface area contributed by atoms with Gasteiger partial charge in [-0.2, -0.15) is 17.4 Å². The van der Waals surface area contributed by atoms with Crippen LogP contribution in [0.5, 0.6) is 0 Å². The summed E-state index contributed by atoms with van der Waals surface area (Å²) in [4.78, 5) is 0. The molecule has 0 aliphatic heterocycles. The molecule has 1 aromatic heterocycles. The first-order valence-corrected chi connectivity index (χ1v) is 8.59. The van der Waals surface area contributed by atoms with Crippen LogP contribution in [-0.2, 0) is 29.7 Å². The van der Waals surface area contributed by atoms with Gasteiger partial charge in [-0.3, -0.25) is 0 Å².